The first-order valence-corrected chi connectivity index (χ1v) is 8.51. The molecule has 0 spiro atoms. The van der Waals surface area contributed by atoms with Gasteiger partial charge in [-0.25, -0.2) is 0 Å². The Morgan fingerprint density at radius 3 is 2.12 bits per heavy atom. The Labute approximate surface area is 152 Å². The molecule has 0 saturated heterocycles. The zero-order valence-electron chi connectivity index (χ0n) is 14.1. The molecule has 0 fully saturated rings. The molecule has 1 aliphatic heterocycles. The van der Waals surface area contributed by atoms with E-state index in [-0.39, 0.29) is 11.6 Å². The summed E-state index contributed by atoms with van der Waals surface area (Å²) in [6.07, 6.45) is 0.788. The summed E-state index contributed by atoms with van der Waals surface area (Å²) in [6.45, 7) is 0. The van der Waals surface area contributed by atoms with Gasteiger partial charge in [-0.1, -0.05) is 72.8 Å². The van der Waals surface area contributed by atoms with Gasteiger partial charge in [-0.2, -0.15) is 5.10 Å². The van der Waals surface area contributed by atoms with Crippen LogP contribution in [0.1, 0.15) is 33.9 Å². The normalized spacial score (nSPS) is 16.4. The molecule has 26 heavy (non-hydrogen) atoms. The molecule has 0 aliphatic carbocycles. The fraction of sp³-hybridized carbons (Fsp3) is 0.0909. The number of rotatable bonds is 4. The summed E-state index contributed by atoms with van der Waals surface area (Å²) in [5.74, 6) is -1.17. The molecule has 0 N–H and O–H groups in total. The van der Waals surface area contributed by atoms with Gasteiger partial charge >= 0.3 is 0 Å². The average Bonchev–Trinajstić information content (AvgIpc) is 3.15. The van der Waals surface area contributed by atoms with Crippen molar-refractivity contribution in [3.8, 4) is 0 Å². The van der Waals surface area contributed by atoms with Crippen LogP contribution in [0, 0.1) is 0 Å². The second kappa shape index (κ2) is 6.84. The van der Waals surface area contributed by atoms with Crippen LogP contribution < -0.4 is 10.1 Å². The third kappa shape index (κ3) is 3.09. The van der Waals surface area contributed by atoms with E-state index >= 15 is 0 Å². The van der Waals surface area contributed by atoms with Gasteiger partial charge in [0.2, 0.25) is 0 Å². The third-order valence-corrected chi connectivity index (χ3v) is 4.57. The Hall–Kier alpha value is -3.40. The minimum Gasteiger partial charge on any atom is -0.545 e. The Balaban J connectivity index is 1.73. The topological polar surface area (TPSA) is 55.7 Å². The molecule has 1 aliphatic rings. The highest BCUT2D eigenvalue weighted by Crippen LogP contribution is 2.36. The Morgan fingerprint density at radius 2 is 1.50 bits per heavy atom. The van der Waals surface area contributed by atoms with Crippen LogP contribution in [-0.2, 0) is 0 Å². The van der Waals surface area contributed by atoms with Crippen LogP contribution in [0.5, 0.6) is 0 Å². The summed E-state index contributed by atoms with van der Waals surface area (Å²) in [6, 6.07) is 27.1. The van der Waals surface area contributed by atoms with E-state index in [1.807, 2.05) is 41.4 Å². The van der Waals surface area contributed by atoms with Crippen molar-refractivity contribution >= 4 is 17.4 Å². The van der Waals surface area contributed by atoms with Crippen molar-refractivity contribution in [2.45, 2.75) is 12.5 Å². The van der Waals surface area contributed by atoms with Crippen LogP contribution in [-0.4, -0.2) is 11.7 Å². The van der Waals surface area contributed by atoms with E-state index < -0.39 is 5.97 Å². The lowest BCUT2D eigenvalue weighted by Gasteiger charge is -2.24. The highest BCUT2D eigenvalue weighted by molar-refractivity contribution is 6.03. The number of nitrogens with zero attached hydrogens (tertiary/aromatic N) is 2. The Morgan fingerprint density at radius 1 is 0.885 bits per heavy atom. The van der Waals surface area contributed by atoms with Gasteiger partial charge in [0.15, 0.2) is 0 Å². The molecule has 128 valence electrons. The van der Waals surface area contributed by atoms with Crippen molar-refractivity contribution < 1.29 is 9.90 Å². The van der Waals surface area contributed by atoms with Crippen LogP contribution in [0.3, 0.4) is 0 Å². The van der Waals surface area contributed by atoms with Crippen molar-refractivity contribution in [2.75, 3.05) is 5.01 Å². The zero-order valence-corrected chi connectivity index (χ0v) is 14.1. The predicted molar refractivity (Wildman–Crippen MR) is 100 cm³/mol. The molecular formula is C22H17N2O2-. The van der Waals surface area contributed by atoms with Crippen molar-refractivity contribution in [2.24, 2.45) is 5.10 Å². The number of anilines is 1. The number of carbonyl (C=O) groups excluding carboxylic acids is 1. The van der Waals surface area contributed by atoms with E-state index in [9.17, 15) is 9.90 Å². The van der Waals surface area contributed by atoms with E-state index in [2.05, 4.69) is 24.3 Å². The molecular weight excluding hydrogens is 324 g/mol. The van der Waals surface area contributed by atoms with E-state index in [1.54, 1.807) is 24.3 Å². The molecule has 0 bridgehead atoms. The van der Waals surface area contributed by atoms with Crippen LogP contribution in [0.15, 0.2) is 90.0 Å². The monoisotopic (exact) mass is 341 g/mol. The van der Waals surface area contributed by atoms with Gasteiger partial charge in [0.1, 0.15) is 0 Å². The summed E-state index contributed by atoms with van der Waals surface area (Å²) in [7, 11) is 0. The lowest BCUT2D eigenvalue weighted by molar-refractivity contribution is -0.255. The number of hydrogen-bond donors (Lipinski definition) is 0. The molecule has 3 aromatic carbocycles. The number of carboxylic acids is 1. The lowest BCUT2D eigenvalue weighted by Crippen LogP contribution is -2.22. The fourth-order valence-corrected chi connectivity index (χ4v) is 3.24. The first-order chi connectivity index (χ1) is 12.7. The highest BCUT2D eigenvalue weighted by Gasteiger charge is 2.29. The molecule has 0 aromatic heterocycles. The van der Waals surface area contributed by atoms with Crippen LogP contribution in [0.2, 0.25) is 0 Å². The molecule has 1 atom stereocenters. The van der Waals surface area contributed by atoms with Gasteiger partial charge in [-0.05, 0) is 28.8 Å². The molecule has 0 amide bonds. The Bertz CT molecular complexity index is 935. The molecule has 1 heterocycles. The van der Waals surface area contributed by atoms with Crippen molar-refractivity contribution in [1.29, 1.82) is 0 Å². The van der Waals surface area contributed by atoms with Crippen LogP contribution >= 0.6 is 0 Å². The van der Waals surface area contributed by atoms with E-state index in [0.717, 1.165) is 23.4 Å². The van der Waals surface area contributed by atoms with Crippen molar-refractivity contribution in [3.05, 3.63) is 102 Å². The minimum absolute atomic E-state index is 0.0696. The molecule has 0 unspecified atom stereocenters. The smallest absolute Gasteiger partial charge is 0.0831 e. The number of benzene rings is 3. The summed E-state index contributed by atoms with van der Waals surface area (Å²) in [5, 5.41) is 17.8. The number of carboxylic acid groups (broad SMARTS) is 1. The zero-order chi connectivity index (χ0) is 17.9. The summed E-state index contributed by atoms with van der Waals surface area (Å²) in [4.78, 5) is 11.0. The first kappa shape index (κ1) is 16.1. The highest BCUT2D eigenvalue weighted by atomic mass is 16.4. The van der Waals surface area contributed by atoms with Gasteiger partial charge in [0.25, 0.3) is 0 Å². The largest absolute Gasteiger partial charge is 0.545 e. The lowest BCUT2D eigenvalue weighted by atomic mass is 9.98. The second-order valence-corrected chi connectivity index (χ2v) is 6.22. The van der Waals surface area contributed by atoms with Gasteiger partial charge in [-0.3, -0.25) is 5.01 Å². The molecule has 0 saturated carbocycles. The van der Waals surface area contributed by atoms with Crippen molar-refractivity contribution in [1.82, 2.24) is 0 Å². The number of carbonyl (C=O) groups is 1. The summed E-state index contributed by atoms with van der Waals surface area (Å²) in [5.41, 5.74) is 4.31. The molecule has 4 rings (SSSR count). The molecule has 0 radical (unpaired) electrons. The standard InChI is InChI=1S/C22H18N2O2/c25-22(26)18-11-13-19(14-12-18)24-21(17-9-5-2-6-10-17)15-20(23-24)16-7-3-1-4-8-16/h1-14,21H,15H2,(H,25,26)/p-1/t21-/m1/s1. The predicted octanol–water partition coefficient (Wildman–Crippen LogP) is 3.41. The molecule has 4 heteroatoms. The third-order valence-electron chi connectivity index (χ3n) is 4.57. The van der Waals surface area contributed by atoms with Crippen LogP contribution in [0.25, 0.3) is 0 Å². The van der Waals surface area contributed by atoms with E-state index in [1.165, 1.54) is 5.56 Å². The fourth-order valence-electron chi connectivity index (χ4n) is 3.24. The summed E-state index contributed by atoms with van der Waals surface area (Å²) >= 11 is 0. The van der Waals surface area contributed by atoms with Gasteiger partial charge in [0, 0.05) is 6.42 Å². The Kier molecular flexibility index (Phi) is 4.23. The summed E-state index contributed by atoms with van der Waals surface area (Å²) < 4.78 is 0. The number of aromatic carboxylic acids is 1. The molecule has 4 nitrogen and oxygen atoms in total. The number of hydrazone groups is 1. The maximum atomic E-state index is 11.0. The maximum absolute atomic E-state index is 11.0. The minimum atomic E-state index is -1.17. The maximum Gasteiger partial charge on any atom is 0.0831 e. The molecule has 3 aromatic rings. The quantitative estimate of drug-likeness (QED) is 0.731. The average molecular weight is 341 g/mol. The van der Waals surface area contributed by atoms with E-state index in [4.69, 9.17) is 5.10 Å². The second-order valence-electron chi connectivity index (χ2n) is 6.22. The SMILES string of the molecule is O=C([O-])c1ccc(N2N=C(c3ccccc3)C[C@@H]2c2ccccc2)cc1. The van der Waals surface area contributed by atoms with Gasteiger partial charge in [0.05, 0.1) is 23.4 Å². The number of hydrogen-bond acceptors (Lipinski definition) is 4. The van der Waals surface area contributed by atoms with E-state index in [0.29, 0.717) is 0 Å². The first-order valence-electron chi connectivity index (χ1n) is 8.51. The van der Waals surface area contributed by atoms with Gasteiger partial charge in [-0.15, -0.1) is 0 Å². The van der Waals surface area contributed by atoms with Gasteiger partial charge < -0.3 is 9.90 Å². The van der Waals surface area contributed by atoms with Crippen molar-refractivity contribution in [3.63, 3.8) is 0 Å². The van der Waals surface area contributed by atoms with Crippen LogP contribution in [0.4, 0.5) is 5.69 Å².